The lowest BCUT2D eigenvalue weighted by Crippen LogP contribution is -2.60. The van der Waals surface area contributed by atoms with Gasteiger partial charge in [-0.3, -0.25) is 14.8 Å². The Kier molecular flexibility index (Phi) is 5.63. The molecule has 2 aromatic rings. The first-order valence-corrected chi connectivity index (χ1v) is 12.4. The molecule has 33 heavy (non-hydrogen) atoms. The van der Waals surface area contributed by atoms with E-state index >= 15 is 4.39 Å². The number of aryl methyl sites for hydroxylation is 1. The Balaban J connectivity index is 1.78. The Morgan fingerprint density at radius 3 is 2.70 bits per heavy atom. The van der Waals surface area contributed by atoms with E-state index in [9.17, 15) is 13.4 Å². The van der Waals surface area contributed by atoms with Crippen LogP contribution in [0.25, 0.3) is 0 Å². The van der Waals surface area contributed by atoms with Gasteiger partial charge in [-0.05, 0) is 64.3 Å². The minimum atomic E-state index is -2.87. The third-order valence-corrected chi connectivity index (χ3v) is 10.4. The van der Waals surface area contributed by atoms with Crippen LogP contribution < -0.4 is 5.73 Å². The first-order chi connectivity index (χ1) is 15.4. The van der Waals surface area contributed by atoms with Crippen molar-refractivity contribution < 1.29 is 17.8 Å². The second-order valence-electron chi connectivity index (χ2n) is 9.26. The fraction of sp³-hybridized carbons (Fsp3) is 0.478. The number of Topliss-reactive ketones (excluding diaryl/α,β-unsaturated/α-hetero) is 1. The molecule has 0 fully saturated rings. The number of carbonyl (C=O) groups is 1. The highest BCUT2D eigenvalue weighted by molar-refractivity contribution is 7.96. The number of carbonyl (C=O) groups excluding carboxylic acids is 1. The van der Waals surface area contributed by atoms with Crippen LogP contribution in [0.1, 0.15) is 61.1 Å². The van der Waals surface area contributed by atoms with E-state index in [1.807, 2.05) is 0 Å². The van der Waals surface area contributed by atoms with Crippen molar-refractivity contribution in [1.29, 1.82) is 0 Å². The number of ketones is 1. The number of aromatic nitrogens is 2. The predicted octanol–water partition coefficient (Wildman–Crippen LogP) is 3.48. The summed E-state index contributed by atoms with van der Waals surface area (Å²) in [6.07, 6.45) is 2.08. The fourth-order valence-corrected chi connectivity index (χ4v) is 7.90. The molecule has 10 heteroatoms. The van der Waals surface area contributed by atoms with Crippen LogP contribution in [0.5, 0.6) is 0 Å². The highest BCUT2D eigenvalue weighted by atomic mass is 32.2. The zero-order valence-corrected chi connectivity index (χ0v) is 19.9. The molecule has 0 spiro atoms. The Labute approximate surface area is 192 Å². The fourth-order valence-electron chi connectivity index (χ4n) is 4.66. The van der Waals surface area contributed by atoms with Gasteiger partial charge in [0.25, 0.3) is 0 Å². The number of aliphatic imine (C=N–C) groups is 1. The van der Waals surface area contributed by atoms with Gasteiger partial charge in [-0.2, -0.15) is 0 Å². The summed E-state index contributed by atoms with van der Waals surface area (Å²) in [4.78, 5) is 25.8. The number of nitrogens with two attached hydrogens (primary N) is 1. The van der Waals surface area contributed by atoms with E-state index in [0.29, 0.717) is 30.6 Å². The van der Waals surface area contributed by atoms with Gasteiger partial charge in [-0.25, -0.2) is 22.3 Å². The van der Waals surface area contributed by atoms with Crippen LogP contribution in [-0.2, 0) is 21.7 Å². The molecule has 2 aliphatic heterocycles. The smallest absolute Gasteiger partial charge is 0.187 e. The number of hydrogen-bond acceptors (Lipinski definition) is 7. The molecule has 0 aromatic carbocycles. The molecule has 0 bridgehead atoms. The van der Waals surface area contributed by atoms with Crippen molar-refractivity contribution >= 4 is 21.3 Å². The van der Waals surface area contributed by atoms with Crippen molar-refractivity contribution in [3.63, 3.8) is 0 Å². The molecule has 0 aliphatic carbocycles. The average molecular weight is 476 g/mol. The minimum Gasteiger partial charge on any atom is -0.386 e. The van der Waals surface area contributed by atoms with Crippen LogP contribution in [-0.4, -0.2) is 42.3 Å². The Bertz CT molecular complexity index is 1300. The molecule has 0 saturated heterocycles. The van der Waals surface area contributed by atoms with Gasteiger partial charge in [0.05, 0.1) is 27.6 Å². The molecule has 176 valence electrons. The third-order valence-electron chi connectivity index (χ3n) is 6.65. The van der Waals surface area contributed by atoms with Crippen molar-refractivity contribution in [3.05, 3.63) is 58.7 Å². The molecule has 2 aromatic heterocycles. The average Bonchev–Trinajstić information content (AvgIpc) is 2.74. The number of pyridine rings is 2. The summed E-state index contributed by atoms with van der Waals surface area (Å²) < 4.78 is 46.1. The Hall–Kier alpha value is -2.75. The largest absolute Gasteiger partial charge is 0.386 e. The summed E-state index contributed by atoms with van der Waals surface area (Å²) in [6.45, 7) is 7.25. The normalized spacial score (nSPS) is 28.4. The highest BCUT2D eigenvalue weighted by Crippen LogP contribution is 2.46. The van der Waals surface area contributed by atoms with Crippen molar-refractivity contribution in [2.75, 3.05) is 6.54 Å². The molecule has 0 saturated carbocycles. The number of halogens is 2. The Morgan fingerprint density at radius 1 is 1.27 bits per heavy atom. The van der Waals surface area contributed by atoms with Gasteiger partial charge in [0.2, 0.25) is 0 Å². The van der Waals surface area contributed by atoms with Crippen LogP contribution in [0.2, 0.25) is 0 Å². The molecular formula is C23H27F2N5O2S. The maximum Gasteiger partial charge on any atom is 0.187 e. The van der Waals surface area contributed by atoms with Crippen molar-refractivity contribution in [1.82, 2.24) is 9.97 Å². The second kappa shape index (κ2) is 7.93. The summed E-state index contributed by atoms with van der Waals surface area (Å²) in [6, 6.07) is 3.88. The Morgan fingerprint density at radius 2 is 2.00 bits per heavy atom. The quantitative estimate of drug-likeness (QED) is 0.681. The highest BCUT2D eigenvalue weighted by Gasteiger charge is 2.56. The van der Waals surface area contributed by atoms with E-state index in [1.54, 1.807) is 27.7 Å². The molecule has 4 rings (SSSR count). The summed E-state index contributed by atoms with van der Waals surface area (Å²) in [7, 11) is -2.87. The molecule has 3 atom stereocenters. The molecule has 4 heterocycles. The second-order valence-corrected chi connectivity index (χ2v) is 12.2. The molecule has 0 radical (unpaired) electrons. The topological polar surface area (TPSA) is 111 Å². The van der Waals surface area contributed by atoms with E-state index in [2.05, 4.69) is 19.3 Å². The van der Waals surface area contributed by atoms with Crippen LogP contribution >= 0.6 is 0 Å². The lowest BCUT2D eigenvalue weighted by molar-refractivity contribution is 0.0986. The van der Waals surface area contributed by atoms with Gasteiger partial charge < -0.3 is 5.73 Å². The van der Waals surface area contributed by atoms with E-state index in [4.69, 9.17) is 5.73 Å². The van der Waals surface area contributed by atoms with Gasteiger partial charge in [0.15, 0.2) is 5.78 Å². The van der Waals surface area contributed by atoms with Crippen molar-refractivity contribution in [2.45, 2.75) is 62.5 Å². The van der Waals surface area contributed by atoms with Crippen molar-refractivity contribution in [3.8, 4) is 0 Å². The van der Waals surface area contributed by atoms with Gasteiger partial charge in [0, 0.05) is 12.2 Å². The molecule has 0 amide bonds. The maximum absolute atomic E-state index is 15.1. The number of nitrogens with zero attached hydrogens (tertiary/aromatic N) is 4. The van der Waals surface area contributed by atoms with Gasteiger partial charge in [-0.15, -0.1) is 0 Å². The maximum atomic E-state index is 15.1. The van der Waals surface area contributed by atoms with Crippen molar-refractivity contribution in [2.24, 2.45) is 15.1 Å². The monoisotopic (exact) mass is 475 g/mol. The lowest BCUT2D eigenvalue weighted by atomic mass is 9.88. The first-order valence-electron chi connectivity index (χ1n) is 10.8. The predicted molar refractivity (Wildman–Crippen MR) is 123 cm³/mol. The molecule has 0 unspecified atom stereocenters. The number of fused-ring (bicyclic) bond motifs is 1. The van der Waals surface area contributed by atoms with Crippen LogP contribution in [0.4, 0.5) is 8.78 Å². The standard InChI is InChI=1S/C23H27F2N5O2S/c1-13-10-14(24)12-27-19(13)17(31)11-15-7-8-16(25)20(29-15)23(4)18-6-5-9-28-33(18,32)22(2,3)21(26)30-23/h7-8,10,12,18H,5-6,9,11H2,1-4H3,(H2,26,30)/t18-,23-,33-/m0/s1. The number of amidine groups is 1. The summed E-state index contributed by atoms with van der Waals surface area (Å²) in [5.74, 6) is -1.37. The van der Waals surface area contributed by atoms with E-state index < -0.39 is 36.9 Å². The molecule has 2 N–H and O–H groups in total. The molecule has 7 nitrogen and oxygen atoms in total. The van der Waals surface area contributed by atoms with E-state index in [-0.39, 0.29) is 29.4 Å². The zero-order chi connectivity index (χ0) is 24.2. The zero-order valence-electron chi connectivity index (χ0n) is 19.1. The van der Waals surface area contributed by atoms with Gasteiger partial charge >= 0.3 is 0 Å². The van der Waals surface area contributed by atoms with Crippen LogP contribution in [0.3, 0.4) is 0 Å². The first kappa shape index (κ1) is 23.4. The molecular weight excluding hydrogens is 448 g/mol. The lowest BCUT2D eigenvalue weighted by Gasteiger charge is -2.47. The van der Waals surface area contributed by atoms with E-state index in [0.717, 1.165) is 6.20 Å². The minimum absolute atomic E-state index is 0.00939. The van der Waals surface area contributed by atoms with E-state index in [1.165, 1.54) is 18.2 Å². The third kappa shape index (κ3) is 3.64. The SMILES string of the molecule is Cc1cc(F)cnc1C(=O)Cc1ccc(F)c([C@@]2(C)N=C(N)C(C)(C)[S@]3(=O)=NCCC[C@@H]23)n1. The summed E-state index contributed by atoms with van der Waals surface area (Å²) in [5, 5.41) is -0.574. The summed E-state index contributed by atoms with van der Waals surface area (Å²) in [5.41, 5.74) is 5.80. The molecule has 2 aliphatic rings. The van der Waals surface area contributed by atoms with Crippen LogP contribution in [0, 0.1) is 18.6 Å². The summed E-state index contributed by atoms with van der Waals surface area (Å²) >= 11 is 0. The number of hydrogen-bond donors (Lipinski definition) is 1. The van der Waals surface area contributed by atoms with Gasteiger partial charge in [0.1, 0.15) is 39.1 Å². The number of rotatable bonds is 4. The van der Waals surface area contributed by atoms with Crippen LogP contribution in [0.15, 0.2) is 33.8 Å². The van der Waals surface area contributed by atoms with Gasteiger partial charge in [-0.1, -0.05) is 0 Å².